The molecule has 0 aliphatic carbocycles. The first kappa shape index (κ1) is 29.2. The molecule has 1 fully saturated rings. The Morgan fingerprint density at radius 1 is 1.23 bits per heavy atom. The van der Waals surface area contributed by atoms with E-state index in [9.17, 15) is 18.8 Å². The lowest BCUT2D eigenvalue weighted by atomic mass is 10.0. The van der Waals surface area contributed by atoms with Gasteiger partial charge in [-0.05, 0) is 55.5 Å². The van der Waals surface area contributed by atoms with E-state index in [4.69, 9.17) is 19.4 Å². The first-order chi connectivity index (χ1) is 19.2. The number of benzene rings is 1. The molecule has 0 bridgehead atoms. The third-order valence-corrected chi connectivity index (χ3v) is 8.06. The number of hydrogen-bond acceptors (Lipinski definition) is 9. The number of carbonyl (C=O) groups excluding carboxylic acids is 1. The van der Waals surface area contributed by atoms with Gasteiger partial charge in [0.2, 0.25) is 11.8 Å². The molecule has 1 aliphatic rings. The number of piperidine rings is 1. The molecule has 4 aromatic rings. The summed E-state index contributed by atoms with van der Waals surface area (Å²) in [6.07, 6.45) is 4.31. The van der Waals surface area contributed by atoms with E-state index in [0.29, 0.717) is 57.2 Å². The molecule has 2 N–H and O–H groups in total. The highest BCUT2D eigenvalue weighted by Crippen LogP contribution is 2.36. The first-order valence-corrected chi connectivity index (χ1v) is 13.5. The highest BCUT2D eigenvalue weighted by molar-refractivity contribution is 7.22. The Morgan fingerprint density at radius 2 is 1.98 bits per heavy atom. The van der Waals surface area contributed by atoms with Crippen LogP contribution in [0.4, 0.5) is 4.39 Å². The second-order valence-electron chi connectivity index (χ2n) is 9.25. The van der Waals surface area contributed by atoms with Gasteiger partial charge >= 0.3 is 5.69 Å². The second kappa shape index (κ2) is 12.6. The summed E-state index contributed by atoms with van der Waals surface area (Å²) in [5, 5.41) is 15.6. The van der Waals surface area contributed by atoms with Gasteiger partial charge in [0.05, 0.1) is 36.8 Å². The number of aromatic nitrogens is 3. The highest BCUT2D eigenvalue weighted by Gasteiger charge is 2.33. The number of oxazole rings is 1. The summed E-state index contributed by atoms with van der Waals surface area (Å²) in [6.45, 7) is 2.26. The molecule has 1 saturated heterocycles. The van der Waals surface area contributed by atoms with Gasteiger partial charge in [0.15, 0.2) is 0 Å². The maximum Gasteiger partial charge on any atom is 0.332 e. The molecule has 1 atom stereocenters. The topological polar surface area (TPSA) is 140 Å². The van der Waals surface area contributed by atoms with Gasteiger partial charge in [-0.15, -0.1) is 11.3 Å². The van der Waals surface area contributed by atoms with Crippen molar-refractivity contribution < 1.29 is 28.6 Å². The highest BCUT2D eigenvalue weighted by atomic mass is 32.1. The number of halogens is 1. The van der Waals surface area contributed by atoms with Gasteiger partial charge in [-0.1, -0.05) is 0 Å². The maximum atomic E-state index is 14.0. The Bertz CT molecular complexity index is 1610. The third-order valence-electron chi connectivity index (χ3n) is 6.76. The van der Waals surface area contributed by atoms with Crippen molar-refractivity contribution in [2.24, 2.45) is 0 Å². The van der Waals surface area contributed by atoms with E-state index in [1.54, 1.807) is 18.9 Å². The van der Waals surface area contributed by atoms with Crippen LogP contribution in [0.2, 0.25) is 0 Å². The van der Waals surface area contributed by atoms with Crippen molar-refractivity contribution in [3.05, 3.63) is 68.4 Å². The van der Waals surface area contributed by atoms with Crippen LogP contribution in [0.15, 0.2) is 44.7 Å². The molecular formula is C27H31FN4O7S. The number of fused-ring (bicyclic) bond motifs is 1. The number of carbonyl (C=O) groups is 1. The number of nitrogens with zero attached hydrogens (tertiary/aromatic N) is 4. The third kappa shape index (κ3) is 5.58. The van der Waals surface area contributed by atoms with Gasteiger partial charge in [0.1, 0.15) is 28.7 Å². The lowest BCUT2D eigenvalue weighted by Crippen LogP contribution is -2.49. The number of methoxy groups -OCH3 is 1. The van der Waals surface area contributed by atoms with Gasteiger partial charge in [-0.3, -0.25) is 14.2 Å². The van der Waals surface area contributed by atoms with E-state index in [2.05, 4.69) is 4.98 Å². The monoisotopic (exact) mass is 574 g/mol. The van der Waals surface area contributed by atoms with Crippen molar-refractivity contribution in [3.63, 3.8) is 0 Å². The Hall–Kier alpha value is -3.81. The molecule has 4 heterocycles. The molecule has 1 amide bonds. The van der Waals surface area contributed by atoms with Gasteiger partial charge in [0, 0.05) is 20.1 Å². The van der Waals surface area contributed by atoms with Crippen LogP contribution in [-0.2, 0) is 17.8 Å². The molecule has 1 aliphatic heterocycles. The van der Waals surface area contributed by atoms with Crippen molar-refractivity contribution in [2.75, 3.05) is 33.9 Å². The fourth-order valence-electron chi connectivity index (χ4n) is 4.80. The molecule has 13 heteroatoms. The number of likely N-dealkylation sites (N-methyl/N-ethyl adjacent to an activating group) is 1. The standard InChI is InChI=1S/C25H25FN4O5S.C2H6O2/c1-14-19-23(32)30(17-5-4-10-28(2)22(17)31)25(33)29(24(19)36-20(14)21-27-9-12-35-21)11-8-15-13-16(26)6-7-18(15)34-3;3-1-2-4/h6-7,9,12-13,17H,4-5,8,10-11H2,1-3H3;3-4H,1-2H2. The zero-order valence-electron chi connectivity index (χ0n) is 22.4. The number of likely N-dealkylation sites (tertiary alicyclic amines) is 1. The minimum absolute atomic E-state index is 0.125. The predicted molar refractivity (Wildman–Crippen MR) is 147 cm³/mol. The van der Waals surface area contributed by atoms with Crippen molar-refractivity contribution in [2.45, 2.75) is 38.8 Å². The zero-order chi connectivity index (χ0) is 29.0. The fraction of sp³-hybridized carbons (Fsp3) is 0.407. The van der Waals surface area contributed by atoms with Gasteiger partial charge in [-0.2, -0.15) is 0 Å². The van der Waals surface area contributed by atoms with Crippen LogP contribution in [0, 0.1) is 12.7 Å². The number of hydrogen-bond donors (Lipinski definition) is 2. The molecule has 1 aromatic carbocycles. The van der Waals surface area contributed by atoms with Crippen molar-refractivity contribution in [1.82, 2.24) is 19.0 Å². The maximum absolute atomic E-state index is 14.0. The van der Waals surface area contributed by atoms with Crippen molar-refractivity contribution in [3.8, 4) is 16.5 Å². The number of amides is 1. The summed E-state index contributed by atoms with van der Waals surface area (Å²) < 4.78 is 27.4. The molecule has 3 aromatic heterocycles. The van der Waals surface area contributed by atoms with Crippen LogP contribution in [0.25, 0.3) is 21.0 Å². The molecule has 1 unspecified atom stereocenters. The minimum atomic E-state index is -0.882. The van der Waals surface area contributed by atoms with E-state index in [1.165, 1.54) is 53.7 Å². The van der Waals surface area contributed by atoms with Crippen LogP contribution in [0.5, 0.6) is 5.75 Å². The first-order valence-electron chi connectivity index (χ1n) is 12.7. The molecule has 11 nitrogen and oxygen atoms in total. The minimum Gasteiger partial charge on any atom is -0.496 e. The number of aryl methyl sites for hydroxylation is 3. The van der Waals surface area contributed by atoms with E-state index >= 15 is 0 Å². The molecule has 5 rings (SSSR count). The number of ether oxygens (including phenoxy) is 1. The van der Waals surface area contributed by atoms with Crippen LogP contribution >= 0.6 is 11.3 Å². The smallest absolute Gasteiger partial charge is 0.332 e. The average molecular weight is 575 g/mol. The van der Waals surface area contributed by atoms with Crippen molar-refractivity contribution >= 4 is 27.5 Å². The Labute approximate surface area is 232 Å². The van der Waals surface area contributed by atoms with Gasteiger partial charge < -0.3 is 24.3 Å². The summed E-state index contributed by atoms with van der Waals surface area (Å²) in [7, 11) is 3.17. The van der Waals surface area contributed by atoms with Crippen LogP contribution in [0.3, 0.4) is 0 Å². The molecular weight excluding hydrogens is 543 g/mol. The number of thiophene rings is 1. The van der Waals surface area contributed by atoms with E-state index in [1.807, 2.05) is 0 Å². The molecule has 214 valence electrons. The summed E-state index contributed by atoms with van der Waals surface area (Å²) in [5.74, 6) is 0.168. The fourth-order valence-corrected chi connectivity index (χ4v) is 6.06. The quantitative estimate of drug-likeness (QED) is 0.343. The summed E-state index contributed by atoms with van der Waals surface area (Å²) in [5.41, 5.74) is 0.140. The average Bonchev–Trinajstić information content (AvgIpc) is 3.59. The number of aliphatic hydroxyl groups is 2. The predicted octanol–water partition coefficient (Wildman–Crippen LogP) is 2.34. The second-order valence-corrected chi connectivity index (χ2v) is 10.3. The summed E-state index contributed by atoms with van der Waals surface area (Å²) in [6, 6.07) is 3.33. The Morgan fingerprint density at radius 3 is 2.62 bits per heavy atom. The van der Waals surface area contributed by atoms with E-state index < -0.39 is 23.1 Å². The zero-order valence-corrected chi connectivity index (χ0v) is 23.2. The van der Waals surface area contributed by atoms with Gasteiger partial charge in [0.25, 0.3) is 5.56 Å². The van der Waals surface area contributed by atoms with Crippen LogP contribution < -0.4 is 16.0 Å². The SMILES string of the molecule is COc1ccc(F)cc1CCn1c(=O)n(C2CCCN(C)C2=O)c(=O)c2c(C)c(-c3ncco3)sc21.OCCO. The number of rotatable bonds is 7. The molecule has 0 saturated carbocycles. The lowest BCUT2D eigenvalue weighted by molar-refractivity contribution is -0.136. The number of aliphatic hydroxyl groups excluding tert-OH is 2. The molecule has 0 radical (unpaired) electrons. The van der Waals surface area contributed by atoms with Crippen LogP contribution in [-0.4, -0.2) is 69.1 Å². The summed E-state index contributed by atoms with van der Waals surface area (Å²) >= 11 is 1.23. The Balaban J connectivity index is 0.000000867. The van der Waals surface area contributed by atoms with E-state index in [-0.39, 0.29) is 32.1 Å². The largest absolute Gasteiger partial charge is 0.496 e. The molecule has 40 heavy (non-hydrogen) atoms. The van der Waals surface area contributed by atoms with Crippen LogP contribution in [0.1, 0.15) is 30.0 Å². The van der Waals surface area contributed by atoms with Crippen molar-refractivity contribution in [1.29, 1.82) is 0 Å². The molecule has 0 spiro atoms. The normalized spacial score (nSPS) is 15.3. The summed E-state index contributed by atoms with van der Waals surface area (Å²) in [4.78, 5) is 47.4. The van der Waals surface area contributed by atoms with E-state index in [0.717, 1.165) is 4.57 Å². The Kier molecular flexibility index (Phi) is 9.17. The van der Waals surface area contributed by atoms with Gasteiger partial charge in [-0.25, -0.2) is 18.7 Å². The lowest BCUT2D eigenvalue weighted by Gasteiger charge is -2.30.